The first-order chi connectivity index (χ1) is 15.3. The topological polar surface area (TPSA) is 98.0 Å². The van der Waals surface area contributed by atoms with Crippen LogP contribution in [0, 0.1) is 40.4 Å². The molecule has 0 saturated heterocycles. The zero-order valence-corrected chi connectivity index (χ0v) is 21.4. The molecule has 0 aromatic rings. The van der Waals surface area contributed by atoms with E-state index in [4.69, 9.17) is 0 Å². The summed E-state index contributed by atoms with van der Waals surface area (Å²) in [5.74, 6) is 1.55. The van der Waals surface area contributed by atoms with Gasteiger partial charge < -0.3 is 20.4 Å². The molecule has 2 saturated carbocycles. The Hall–Kier alpha value is -1.01. The highest BCUT2D eigenvalue weighted by molar-refractivity contribution is 6.02. The van der Waals surface area contributed by atoms with E-state index in [0.29, 0.717) is 48.5 Å². The highest BCUT2D eigenvalue weighted by Crippen LogP contribution is 2.59. The van der Waals surface area contributed by atoms with Crippen molar-refractivity contribution in [1.82, 2.24) is 0 Å². The molecule has 0 spiro atoms. The number of Topliss-reactive ketones (excluding diaryl/α,β-unsaturated/α-hetero) is 1. The van der Waals surface area contributed by atoms with Gasteiger partial charge in [0, 0.05) is 13.0 Å². The van der Waals surface area contributed by atoms with Gasteiger partial charge >= 0.3 is 0 Å². The van der Waals surface area contributed by atoms with Crippen LogP contribution in [0.4, 0.5) is 0 Å². The molecule has 0 unspecified atom stereocenters. The Kier molecular flexibility index (Phi) is 7.71. The summed E-state index contributed by atoms with van der Waals surface area (Å²) in [4.78, 5) is 13.9. The molecule has 188 valence electrons. The molecule has 3 rings (SSSR count). The predicted octanol–water partition coefficient (Wildman–Crippen LogP) is 4.04. The SMILES string of the molecule is CC(C)[C@@H](C)/C=C/[C@@H](C)[C@H]1CC[C@@H](C2=C[C@H](O)[C@@]3(O)C[C@@H](O)CC[C@]3(C)C2=O)[C@]1(C)CCO. The molecule has 4 N–H and O–H groups in total. The van der Waals surface area contributed by atoms with Crippen molar-refractivity contribution in [3.63, 3.8) is 0 Å². The summed E-state index contributed by atoms with van der Waals surface area (Å²) in [6.07, 6.45) is 7.49. The summed E-state index contributed by atoms with van der Waals surface area (Å²) in [6, 6.07) is 0. The quantitative estimate of drug-likeness (QED) is 0.428. The lowest BCUT2D eigenvalue weighted by atomic mass is 9.53. The summed E-state index contributed by atoms with van der Waals surface area (Å²) in [5.41, 5.74) is -2.40. The lowest BCUT2D eigenvalue weighted by Gasteiger charge is -2.54. The van der Waals surface area contributed by atoms with E-state index in [-0.39, 0.29) is 30.1 Å². The fourth-order valence-corrected chi connectivity index (χ4v) is 7.04. The van der Waals surface area contributed by atoms with Gasteiger partial charge in [-0.2, -0.15) is 0 Å². The second-order valence-electron chi connectivity index (χ2n) is 12.1. The third kappa shape index (κ3) is 4.39. The molecule has 0 aromatic carbocycles. The molecule has 5 heteroatoms. The Labute approximate surface area is 200 Å². The Morgan fingerprint density at radius 2 is 1.76 bits per heavy atom. The van der Waals surface area contributed by atoms with Crippen molar-refractivity contribution in [1.29, 1.82) is 0 Å². The molecule has 0 aliphatic heterocycles. The monoisotopic (exact) mass is 462 g/mol. The number of hydrogen-bond donors (Lipinski definition) is 4. The highest BCUT2D eigenvalue weighted by Gasteiger charge is 2.63. The van der Waals surface area contributed by atoms with Crippen LogP contribution in [0.3, 0.4) is 0 Å². The van der Waals surface area contributed by atoms with Gasteiger partial charge in [-0.1, -0.05) is 46.8 Å². The molecule has 0 heterocycles. The van der Waals surface area contributed by atoms with Crippen LogP contribution in [0.5, 0.6) is 0 Å². The minimum Gasteiger partial charge on any atom is -0.396 e. The van der Waals surface area contributed by atoms with Crippen LogP contribution in [-0.2, 0) is 4.79 Å². The van der Waals surface area contributed by atoms with E-state index in [1.165, 1.54) is 0 Å². The molecule has 3 aliphatic rings. The highest BCUT2D eigenvalue weighted by atomic mass is 16.3. The molecule has 5 nitrogen and oxygen atoms in total. The van der Waals surface area contributed by atoms with Crippen molar-refractivity contribution >= 4 is 5.78 Å². The predicted molar refractivity (Wildman–Crippen MR) is 130 cm³/mol. The normalized spacial score (nSPS) is 43.6. The summed E-state index contributed by atoms with van der Waals surface area (Å²) in [7, 11) is 0. The largest absolute Gasteiger partial charge is 0.396 e. The van der Waals surface area contributed by atoms with E-state index in [0.717, 1.165) is 12.8 Å². The van der Waals surface area contributed by atoms with E-state index in [1.807, 2.05) is 0 Å². The second kappa shape index (κ2) is 9.56. The van der Waals surface area contributed by atoms with E-state index in [1.54, 1.807) is 13.0 Å². The third-order valence-corrected chi connectivity index (χ3v) is 9.91. The van der Waals surface area contributed by atoms with Gasteiger partial charge in [-0.15, -0.1) is 0 Å². The standard InChI is InChI=1S/C28H46O5/c1-17(2)18(3)7-8-19(4)22-9-10-23(26(22,5)13-14-29)21-15-24(31)28(33)16-20(30)11-12-27(28,6)25(21)32/h7-8,15,17-20,22-24,29-31,33H,9-14,16H2,1-6H3/b8-7+/t18-,19+,20-,22+,23-,24-,26+,27+,28-/m0/s1. The molecular weight excluding hydrogens is 416 g/mol. The smallest absolute Gasteiger partial charge is 0.167 e. The number of rotatable bonds is 7. The van der Waals surface area contributed by atoms with Gasteiger partial charge in [0.1, 0.15) is 11.7 Å². The van der Waals surface area contributed by atoms with Gasteiger partial charge in [0.15, 0.2) is 5.78 Å². The molecule has 0 bridgehead atoms. The summed E-state index contributed by atoms with van der Waals surface area (Å²) in [6.45, 7) is 12.9. The Bertz CT molecular complexity index is 787. The van der Waals surface area contributed by atoms with Crippen LogP contribution in [-0.4, -0.2) is 50.6 Å². The molecule has 3 aliphatic carbocycles. The first-order valence-corrected chi connectivity index (χ1v) is 13.0. The van der Waals surface area contributed by atoms with Crippen LogP contribution in [0.1, 0.15) is 80.1 Å². The van der Waals surface area contributed by atoms with E-state index in [9.17, 15) is 25.2 Å². The van der Waals surface area contributed by atoms with Gasteiger partial charge in [0.25, 0.3) is 0 Å². The first kappa shape index (κ1) is 26.6. The lowest BCUT2D eigenvalue weighted by Crippen LogP contribution is -2.65. The number of aliphatic hydroxyl groups is 4. The molecule has 9 atom stereocenters. The minimum absolute atomic E-state index is 0.0112. The van der Waals surface area contributed by atoms with Crippen molar-refractivity contribution in [2.75, 3.05) is 6.61 Å². The maximum Gasteiger partial charge on any atom is 0.167 e. The maximum absolute atomic E-state index is 13.9. The van der Waals surface area contributed by atoms with Crippen molar-refractivity contribution in [2.45, 2.75) is 97.9 Å². The maximum atomic E-state index is 13.9. The second-order valence-corrected chi connectivity index (χ2v) is 12.1. The van der Waals surface area contributed by atoms with Gasteiger partial charge in [0.05, 0.1) is 11.5 Å². The fourth-order valence-electron chi connectivity index (χ4n) is 7.04. The summed E-state index contributed by atoms with van der Waals surface area (Å²) in [5, 5.41) is 42.5. The van der Waals surface area contributed by atoms with Crippen LogP contribution in [0.2, 0.25) is 0 Å². The molecule has 2 fully saturated rings. The van der Waals surface area contributed by atoms with Gasteiger partial charge in [-0.25, -0.2) is 0 Å². The van der Waals surface area contributed by atoms with Crippen LogP contribution in [0.25, 0.3) is 0 Å². The fraction of sp³-hybridized carbons (Fsp3) is 0.821. The molecule has 0 amide bonds. The van der Waals surface area contributed by atoms with Gasteiger partial charge in [-0.3, -0.25) is 4.79 Å². The number of fused-ring (bicyclic) bond motifs is 1. The number of carbonyl (C=O) groups is 1. The number of ketones is 1. The van der Waals surface area contributed by atoms with Crippen molar-refractivity contribution in [3.8, 4) is 0 Å². The Morgan fingerprint density at radius 3 is 2.36 bits per heavy atom. The van der Waals surface area contributed by atoms with Crippen LogP contribution >= 0.6 is 0 Å². The number of hydrogen-bond acceptors (Lipinski definition) is 5. The molecule has 0 radical (unpaired) electrons. The Balaban J connectivity index is 1.94. The van der Waals surface area contributed by atoms with E-state index in [2.05, 4.69) is 46.8 Å². The average Bonchev–Trinajstić information content (AvgIpc) is 3.08. The first-order valence-electron chi connectivity index (χ1n) is 13.0. The minimum atomic E-state index is -1.64. The molecule has 0 aromatic heterocycles. The van der Waals surface area contributed by atoms with Crippen molar-refractivity contribution < 1.29 is 25.2 Å². The zero-order chi connectivity index (χ0) is 24.8. The number of allylic oxidation sites excluding steroid dienone is 3. The average molecular weight is 463 g/mol. The van der Waals surface area contributed by atoms with Crippen molar-refractivity contribution in [3.05, 3.63) is 23.8 Å². The van der Waals surface area contributed by atoms with Gasteiger partial charge in [0.2, 0.25) is 0 Å². The summed E-state index contributed by atoms with van der Waals surface area (Å²) >= 11 is 0. The Morgan fingerprint density at radius 1 is 1.09 bits per heavy atom. The zero-order valence-electron chi connectivity index (χ0n) is 21.4. The van der Waals surface area contributed by atoms with E-state index >= 15 is 0 Å². The number of aliphatic hydroxyl groups excluding tert-OH is 3. The van der Waals surface area contributed by atoms with Crippen LogP contribution < -0.4 is 0 Å². The van der Waals surface area contributed by atoms with Gasteiger partial charge in [-0.05, 0) is 85.7 Å². The molecule has 33 heavy (non-hydrogen) atoms. The lowest BCUT2D eigenvalue weighted by molar-refractivity contribution is -0.191. The summed E-state index contributed by atoms with van der Waals surface area (Å²) < 4.78 is 0. The number of carbonyl (C=O) groups excluding carboxylic acids is 1. The third-order valence-electron chi connectivity index (χ3n) is 9.91. The molecular formula is C28H46O5. The van der Waals surface area contributed by atoms with Crippen LogP contribution in [0.15, 0.2) is 23.8 Å². The van der Waals surface area contributed by atoms with Crippen molar-refractivity contribution in [2.24, 2.45) is 40.4 Å². The van der Waals surface area contributed by atoms with E-state index < -0.39 is 23.2 Å².